The molecule has 0 radical (unpaired) electrons. The summed E-state index contributed by atoms with van der Waals surface area (Å²) in [5, 5.41) is 0.0855. The van der Waals surface area contributed by atoms with E-state index in [4.69, 9.17) is 11.6 Å². The summed E-state index contributed by atoms with van der Waals surface area (Å²) in [5.41, 5.74) is 0.619. The fourth-order valence-electron chi connectivity index (χ4n) is 1.61. The van der Waals surface area contributed by atoms with Gasteiger partial charge in [0, 0.05) is 11.6 Å². The van der Waals surface area contributed by atoms with Gasteiger partial charge in [-0.2, -0.15) is 0 Å². The molecular formula is C13H10ClF2NOS. The Bertz CT molecular complexity index is 589. The van der Waals surface area contributed by atoms with E-state index in [0.29, 0.717) is 16.3 Å². The highest BCUT2D eigenvalue weighted by molar-refractivity contribution is 7.91. The molecule has 1 heterocycles. The minimum Gasteiger partial charge on any atom is -0.611 e. The van der Waals surface area contributed by atoms with Crippen LogP contribution in [0.15, 0.2) is 35.2 Å². The van der Waals surface area contributed by atoms with Gasteiger partial charge in [-0.25, -0.2) is 13.8 Å². The molecule has 0 aliphatic carbocycles. The predicted molar refractivity (Wildman–Crippen MR) is 71.5 cm³/mol. The molecular weight excluding hydrogens is 292 g/mol. The Balaban J connectivity index is 2.44. The lowest BCUT2D eigenvalue weighted by Gasteiger charge is -2.10. The number of hydrogen-bond acceptors (Lipinski definition) is 2. The minimum atomic E-state index is -1.22. The van der Waals surface area contributed by atoms with Crippen LogP contribution >= 0.6 is 11.6 Å². The van der Waals surface area contributed by atoms with Crippen LogP contribution in [0.25, 0.3) is 11.3 Å². The van der Waals surface area contributed by atoms with E-state index in [1.54, 1.807) is 19.1 Å². The Kier molecular flexibility index (Phi) is 4.39. The highest BCUT2D eigenvalue weighted by Crippen LogP contribution is 2.26. The second-order valence-electron chi connectivity index (χ2n) is 3.78. The van der Waals surface area contributed by atoms with Gasteiger partial charge in [-0.1, -0.05) is 11.6 Å². The fourth-order valence-corrected chi connectivity index (χ4v) is 2.79. The van der Waals surface area contributed by atoms with Gasteiger partial charge in [-0.15, -0.1) is 0 Å². The van der Waals surface area contributed by atoms with Gasteiger partial charge in [0.05, 0.1) is 5.69 Å². The number of benzene rings is 1. The van der Waals surface area contributed by atoms with Crippen molar-refractivity contribution in [1.29, 1.82) is 0 Å². The molecule has 2 nitrogen and oxygen atoms in total. The first kappa shape index (κ1) is 14.2. The third kappa shape index (κ3) is 3.23. The van der Waals surface area contributed by atoms with Crippen molar-refractivity contribution in [3.8, 4) is 11.3 Å². The Morgan fingerprint density at radius 1 is 1.21 bits per heavy atom. The maximum Gasteiger partial charge on any atom is 0.190 e. The Hall–Kier alpha value is -1.17. The second kappa shape index (κ2) is 5.86. The van der Waals surface area contributed by atoms with Crippen molar-refractivity contribution in [2.45, 2.75) is 11.8 Å². The van der Waals surface area contributed by atoms with Crippen LogP contribution < -0.4 is 0 Å². The molecule has 2 rings (SSSR count). The van der Waals surface area contributed by atoms with Crippen LogP contribution in [0.3, 0.4) is 0 Å². The summed E-state index contributed by atoms with van der Waals surface area (Å²) < 4.78 is 37.9. The van der Waals surface area contributed by atoms with E-state index in [9.17, 15) is 13.3 Å². The van der Waals surface area contributed by atoms with Gasteiger partial charge in [0.15, 0.2) is 10.0 Å². The summed E-state index contributed by atoms with van der Waals surface area (Å²) in [5.74, 6) is -0.946. The van der Waals surface area contributed by atoms with Crippen LogP contribution in [0.1, 0.15) is 6.92 Å². The van der Waals surface area contributed by atoms with Gasteiger partial charge in [-0.3, -0.25) is 0 Å². The molecule has 0 saturated heterocycles. The topological polar surface area (TPSA) is 36.0 Å². The first-order valence-electron chi connectivity index (χ1n) is 5.52. The van der Waals surface area contributed by atoms with Crippen molar-refractivity contribution in [2.75, 3.05) is 5.75 Å². The molecule has 0 aliphatic heterocycles. The van der Waals surface area contributed by atoms with E-state index in [0.717, 1.165) is 18.2 Å². The summed E-state index contributed by atoms with van der Waals surface area (Å²) >= 11 is 4.72. The van der Waals surface area contributed by atoms with Crippen molar-refractivity contribution >= 4 is 22.8 Å². The number of nitrogens with zero attached hydrogens (tertiary/aromatic N) is 1. The standard InChI is InChI=1S/C13H10ClF2NOS/c1-2-19(18)12-4-3-11(17-13(12)14)8-5-9(15)7-10(16)6-8/h3-7H,2H2,1H3. The zero-order valence-corrected chi connectivity index (χ0v) is 11.6. The fraction of sp³-hybridized carbons (Fsp3) is 0.154. The van der Waals surface area contributed by atoms with Crippen LogP contribution in [0.5, 0.6) is 0 Å². The van der Waals surface area contributed by atoms with Crippen LogP contribution in [0, 0.1) is 11.6 Å². The van der Waals surface area contributed by atoms with Gasteiger partial charge in [0.2, 0.25) is 0 Å². The van der Waals surface area contributed by atoms with E-state index in [1.165, 1.54) is 0 Å². The average Bonchev–Trinajstić information content (AvgIpc) is 2.36. The highest BCUT2D eigenvalue weighted by atomic mass is 35.5. The average molecular weight is 302 g/mol. The van der Waals surface area contributed by atoms with E-state index >= 15 is 0 Å². The maximum atomic E-state index is 13.1. The predicted octanol–water partition coefficient (Wildman–Crippen LogP) is 3.81. The Labute approximate surface area is 117 Å². The Morgan fingerprint density at radius 2 is 1.84 bits per heavy atom. The monoisotopic (exact) mass is 301 g/mol. The summed E-state index contributed by atoms with van der Waals surface area (Å²) in [4.78, 5) is 4.45. The van der Waals surface area contributed by atoms with E-state index in [1.807, 2.05) is 0 Å². The molecule has 0 bridgehead atoms. The normalized spacial score (nSPS) is 12.5. The third-order valence-corrected chi connectivity index (χ3v) is 4.22. The summed E-state index contributed by atoms with van der Waals surface area (Å²) in [6, 6.07) is 6.22. The first-order chi connectivity index (χ1) is 9.01. The molecule has 19 heavy (non-hydrogen) atoms. The smallest absolute Gasteiger partial charge is 0.190 e. The van der Waals surface area contributed by atoms with Crippen molar-refractivity contribution in [3.63, 3.8) is 0 Å². The third-order valence-electron chi connectivity index (χ3n) is 2.48. The van der Waals surface area contributed by atoms with E-state index < -0.39 is 22.8 Å². The summed E-state index contributed by atoms with van der Waals surface area (Å²) in [6.07, 6.45) is 0. The van der Waals surface area contributed by atoms with Crippen LogP contribution in [0.2, 0.25) is 5.15 Å². The maximum absolute atomic E-state index is 13.1. The molecule has 0 N–H and O–H groups in total. The quantitative estimate of drug-likeness (QED) is 0.638. The van der Waals surface area contributed by atoms with E-state index in [2.05, 4.69) is 4.98 Å². The molecule has 1 aromatic carbocycles. The molecule has 100 valence electrons. The largest absolute Gasteiger partial charge is 0.611 e. The molecule has 0 saturated carbocycles. The lowest BCUT2D eigenvalue weighted by Crippen LogP contribution is -2.05. The molecule has 0 aliphatic rings. The molecule has 2 aromatic rings. The van der Waals surface area contributed by atoms with Gasteiger partial charge in [0.1, 0.15) is 17.4 Å². The van der Waals surface area contributed by atoms with Gasteiger partial charge in [-0.05, 0) is 42.4 Å². The Morgan fingerprint density at radius 3 is 2.37 bits per heavy atom. The lowest BCUT2D eigenvalue weighted by molar-refractivity contribution is 0.584. The zero-order chi connectivity index (χ0) is 14.0. The molecule has 0 spiro atoms. The molecule has 6 heteroatoms. The van der Waals surface area contributed by atoms with Crippen LogP contribution in [-0.2, 0) is 11.2 Å². The van der Waals surface area contributed by atoms with Crippen molar-refractivity contribution in [1.82, 2.24) is 4.98 Å². The van der Waals surface area contributed by atoms with Crippen LogP contribution in [0.4, 0.5) is 8.78 Å². The van der Waals surface area contributed by atoms with Crippen molar-refractivity contribution in [2.24, 2.45) is 0 Å². The summed E-state index contributed by atoms with van der Waals surface area (Å²) in [6.45, 7) is 1.77. The molecule has 0 amide bonds. The summed E-state index contributed by atoms with van der Waals surface area (Å²) in [7, 11) is 0. The highest BCUT2D eigenvalue weighted by Gasteiger charge is 2.16. The lowest BCUT2D eigenvalue weighted by atomic mass is 10.1. The van der Waals surface area contributed by atoms with Gasteiger partial charge < -0.3 is 4.55 Å². The molecule has 1 atom stereocenters. The molecule has 1 aromatic heterocycles. The number of aromatic nitrogens is 1. The number of hydrogen-bond donors (Lipinski definition) is 0. The zero-order valence-electron chi connectivity index (χ0n) is 9.99. The number of halogens is 3. The SMILES string of the molecule is CC[S+]([O-])c1ccc(-c2cc(F)cc(F)c2)nc1Cl. The van der Waals surface area contributed by atoms with E-state index in [-0.39, 0.29) is 10.7 Å². The molecule has 0 fully saturated rings. The van der Waals surface area contributed by atoms with Crippen molar-refractivity contribution < 1.29 is 13.3 Å². The van der Waals surface area contributed by atoms with Gasteiger partial charge in [0.25, 0.3) is 0 Å². The number of pyridine rings is 1. The number of rotatable bonds is 3. The minimum absolute atomic E-state index is 0.0855. The first-order valence-corrected chi connectivity index (χ1v) is 7.22. The van der Waals surface area contributed by atoms with Crippen molar-refractivity contribution in [3.05, 3.63) is 47.1 Å². The van der Waals surface area contributed by atoms with Crippen LogP contribution in [-0.4, -0.2) is 15.3 Å². The molecule has 1 unspecified atom stereocenters. The van der Waals surface area contributed by atoms with Gasteiger partial charge >= 0.3 is 0 Å². The second-order valence-corrected chi connectivity index (χ2v) is 5.84.